The minimum Gasteiger partial charge on any atom is -0.507 e. The number of esters is 1. The summed E-state index contributed by atoms with van der Waals surface area (Å²) in [5.41, 5.74) is 0.130. The van der Waals surface area contributed by atoms with Gasteiger partial charge in [-0.25, -0.2) is 4.79 Å². The molecule has 0 aliphatic rings. The van der Waals surface area contributed by atoms with Crippen LogP contribution >= 0.6 is 34.8 Å². The van der Waals surface area contributed by atoms with E-state index in [2.05, 4.69) is 5.32 Å². The lowest BCUT2D eigenvalue weighted by Crippen LogP contribution is -2.21. The molecule has 0 bridgehead atoms. The van der Waals surface area contributed by atoms with Gasteiger partial charge in [0, 0.05) is 6.07 Å². The smallest absolute Gasteiger partial charge is 0.342 e. The maximum Gasteiger partial charge on any atom is 0.342 e. The fourth-order valence-corrected chi connectivity index (χ4v) is 2.42. The number of amides is 1. The second-order valence-electron chi connectivity index (χ2n) is 4.75. The maximum atomic E-state index is 11.9. The number of phenolic OH excluding ortho intramolecular Hbond substituents is 1. The summed E-state index contributed by atoms with van der Waals surface area (Å²) in [6.45, 7) is -0.582. The Labute approximate surface area is 158 Å². The molecule has 0 aliphatic carbocycles. The fourth-order valence-electron chi connectivity index (χ4n) is 1.82. The predicted octanol–water partition coefficient (Wildman–Crippen LogP) is 4.16. The van der Waals surface area contributed by atoms with Gasteiger partial charge >= 0.3 is 5.97 Å². The molecule has 0 fully saturated rings. The van der Waals surface area contributed by atoms with Gasteiger partial charge in [-0.15, -0.1) is 0 Å². The number of phenols is 1. The zero-order valence-electron chi connectivity index (χ0n) is 12.8. The third kappa shape index (κ3) is 4.92. The molecule has 9 heteroatoms. The summed E-state index contributed by atoms with van der Waals surface area (Å²) in [6, 6.07) is 6.81. The quantitative estimate of drug-likeness (QED) is 0.577. The first-order valence-electron chi connectivity index (χ1n) is 6.80. The van der Waals surface area contributed by atoms with Crippen molar-refractivity contribution in [2.75, 3.05) is 19.0 Å². The third-order valence-corrected chi connectivity index (χ3v) is 4.08. The van der Waals surface area contributed by atoms with Gasteiger partial charge in [-0.3, -0.25) is 4.79 Å². The number of rotatable bonds is 5. The molecule has 0 heterocycles. The van der Waals surface area contributed by atoms with E-state index >= 15 is 0 Å². The minimum absolute atomic E-state index is 0.0961. The van der Waals surface area contributed by atoms with Crippen molar-refractivity contribution in [3.05, 3.63) is 51.0 Å². The zero-order chi connectivity index (χ0) is 18.6. The number of carbonyl (C=O) groups is 2. The first-order valence-corrected chi connectivity index (χ1v) is 7.93. The van der Waals surface area contributed by atoms with Gasteiger partial charge < -0.3 is 19.9 Å². The van der Waals surface area contributed by atoms with E-state index in [0.717, 1.165) is 0 Å². The molecule has 25 heavy (non-hydrogen) atoms. The zero-order valence-corrected chi connectivity index (χ0v) is 15.1. The standard InChI is InChI=1S/C16H12Cl3NO5/c1-24-8-2-3-9(14(21)4-8)16(23)25-7-15(22)20-13-6-11(18)10(17)5-12(13)19/h2-6,21H,7H2,1H3,(H,20,22). The average Bonchev–Trinajstić information content (AvgIpc) is 2.57. The fraction of sp³-hybridized carbons (Fsp3) is 0.125. The van der Waals surface area contributed by atoms with Crippen LogP contribution in [0.2, 0.25) is 15.1 Å². The summed E-state index contributed by atoms with van der Waals surface area (Å²) in [5.74, 6) is -1.45. The molecule has 0 unspecified atom stereocenters. The average molecular weight is 405 g/mol. The van der Waals surface area contributed by atoms with Crippen LogP contribution < -0.4 is 10.1 Å². The minimum atomic E-state index is -0.865. The number of aromatic hydroxyl groups is 1. The van der Waals surface area contributed by atoms with E-state index in [1.165, 1.54) is 37.4 Å². The molecule has 0 saturated carbocycles. The van der Waals surface area contributed by atoms with E-state index in [1.54, 1.807) is 0 Å². The van der Waals surface area contributed by atoms with E-state index < -0.39 is 18.5 Å². The van der Waals surface area contributed by atoms with Crippen LogP contribution in [0.4, 0.5) is 5.69 Å². The van der Waals surface area contributed by atoms with Gasteiger partial charge in [0.15, 0.2) is 6.61 Å². The second-order valence-corrected chi connectivity index (χ2v) is 5.98. The Bertz CT molecular complexity index is 826. The molecule has 2 aromatic carbocycles. The molecule has 1 amide bonds. The van der Waals surface area contributed by atoms with Crippen molar-refractivity contribution < 1.29 is 24.2 Å². The number of hydrogen-bond acceptors (Lipinski definition) is 5. The Morgan fingerprint density at radius 2 is 1.76 bits per heavy atom. The van der Waals surface area contributed by atoms with Crippen LogP contribution in [0.1, 0.15) is 10.4 Å². The molecule has 0 aromatic heterocycles. The molecule has 132 valence electrons. The molecule has 0 atom stereocenters. The van der Waals surface area contributed by atoms with Crippen LogP contribution in [0.15, 0.2) is 30.3 Å². The van der Waals surface area contributed by atoms with E-state index in [9.17, 15) is 14.7 Å². The molecule has 2 N–H and O–H groups in total. The monoisotopic (exact) mass is 403 g/mol. The van der Waals surface area contributed by atoms with Gasteiger partial charge in [-0.1, -0.05) is 34.8 Å². The predicted molar refractivity (Wildman–Crippen MR) is 95.0 cm³/mol. The highest BCUT2D eigenvalue weighted by Crippen LogP contribution is 2.32. The van der Waals surface area contributed by atoms with E-state index in [0.29, 0.717) is 5.75 Å². The van der Waals surface area contributed by atoms with Gasteiger partial charge in [0.2, 0.25) is 0 Å². The summed E-state index contributed by atoms with van der Waals surface area (Å²) in [5, 5.41) is 12.8. The van der Waals surface area contributed by atoms with Crippen LogP contribution in [-0.4, -0.2) is 30.7 Å². The SMILES string of the molecule is COc1ccc(C(=O)OCC(=O)Nc2cc(Cl)c(Cl)cc2Cl)c(O)c1. The normalized spacial score (nSPS) is 10.2. The van der Waals surface area contributed by atoms with Crippen molar-refractivity contribution in [3.63, 3.8) is 0 Å². The molecule has 6 nitrogen and oxygen atoms in total. The summed E-state index contributed by atoms with van der Waals surface area (Å²) >= 11 is 17.6. The van der Waals surface area contributed by atoms with Crippen LogP contribution in [0.5, 0.6) is 11.5 Å². The van der Waals surface area contributed by atoms with Gasteiger partial charge in [0.05, 0.1) is 27.9 Å². The number of halogens is 3. The number of ether oxygens (including phenoxy) is 2. The first kappa shape index (κ1) is 19.2. The third-order valence-electron chi connectivity index (χ3n) is 3.04. The Kier molecular flexibility index (Phi) is 6.36. The molecular weight excluding hydrogens is 393 g/mol. The van der Waals surface area contributed by atoms with Crippen molar-refractivity contribution in [2.24, 2.45) is 0 Å². The van der Waals surface area contributed by atoms with Crippen LogP contribution in [0.3, 0.4) is 0 Å². The Hall–Kier alpha value is -2.15. The van der Waals surface area contributed by atoms with Crippen molar-refractivity contribution in [3.8, 4) is 11.5 Å². The highest BCUT2D eigenvalue weighted by Gasteiger charge is 2.16. The largest absolute Gasteiger partial charge is 0.507 e. The van der Waals surface area contributed by atoms with Crippen molar-refractivity contribution in [1.82, 2.24) is 0 Å². The summed E-state index contributed by atoms with van der Waals surface area (Å²) in [4.78, 5) is 23.8. The number of hydrogen-bond donors (Lipinski definition) is 2. The lowest BCUT2D eigenvalue weighted by Gasteiger charge is -2.10. The lowest BCUT2D eigenvalue weighted by molar-refractivity contribution is -0.119. The molecule has 0 spiro atoms. The number of methoxy groups -OCH3 is 1. The van der Waals surface area contributed by atoms with Gasteiger partial charge in [0.25, 0.3) is 5.91 Å². The van der Waals surface area contributed by atoms with Crippen LogP contribution in [-0.2, 0) is 9.53 Å². The number of carbonyl (C=O) groups excluding carboxylic acids is 2. The molecule has 0 saturated heterocycles. The van der Waals surface area contributed by atoms with Crippen molar-refractivity contribution in [1.29, 1.82) is 0 Å². The highest BCUT2D eigenvalue weighted by molar-refractivity contribution is 6.44. The first-order chi connectivity index (χ1) is 11.8. The Morgan fingerprint density at radius 1 is 1.08 bits per heavy atom. The van der Waals surface area contributed by atoms with E-state index in [1.807, 2.05) is 0 Å². The summed E-state index contributed by atoms with van der Waals surface area (Å²) in [6.07, 6.45) is 0. The maximum absolute atomic E-state index is 11.9. The van der Waals surface area contributed by atoms with Gasteiger partial charge in [0.1, 0.15) is 17.1 Å². The molecule has 0 radical (unpaired) electrons. The molecule has 2 rings (SSSR count). The highest BCUT2D eigenvalue weighted by atomic mass is 35.5. The van der Waals surface area contributed by atoms with Crippen LogP contribution in [0.25, 0.3) is 0 Å². The number of nitrogens with one attached hydrogen (secondary N) is 1. The van der Waals surface area contributed by atoms with Gasteiger partial charge in [-0.2, -0.15) is 0 Å². The summed E-state index contributed by atoms with van der Waals surface area (Å²) in [7, 11) is 1.42. The second kappa shape index (κ2) is 8.29. The topological polar surface area (TPSA) is 84.9 Å². The van der Waals surface area contributed by atoms with Crippen molar-refractivity contribution >= 4 is 52.4 Å². The number of anilines is 1. The van der Waals surface area contributed by atoms with E-state index in [-0.39, 0.29) is 32.1 Å². The number of benzene rings is 2. The molecular formula is C16H12Cl3NO5. The Morgan fingerprint density at radius 3 is 2.40 bits per heavy atom. The Balaban J connectivity index is 1.98. The van der Waals surface area contributed by atoms with Crippen LogP contribution in [0, 0.1) is 0 Å². The van der Waals surface area contributed by atoms with E-state index in [4.69, 9.17) is 44.3 Å². The molecule has 0 aliphatic heterocycles. The van der Waals surface area contributed by atoms with Gasteiger partial charge in [-0.05, 0) is 24.3 Å². The summed E-state index contributed by atoms with van der Waals surface area (Å²) < 4.78 is 9.77. The lowest BCUT2D eigenvalue weighted by atomic mass is 10.2. The molecule has 2 aromatic rings. The van der Waals surface area contributed by atoms with Crippen molar-refractivity contribution in [2.45, 2.75) is 0 Å².